The number of amides is 1. The molecule has 0 bridgehead atoms. The van der Waals surface area contributed by atoms with Crippen LogP contribution in [0, 0.1) is 17.7 Å². The molecule has 21 heavy (non-hydrogen) atoms. The maximum Gasteiger partial charge on any atom is 0.221 e. The van der Waals surface area contributed by atoms with Gasteiger partial charge in [0.2, 0.25) is 5.91 Å². The lowest BCUT2D eigenvalue weighted by Crippen LogP contribution is -2.28. The predicted octanol–water partition coefficient (Wildman–Crippen LogP) is 4.16. The molecular formula is C17H23FN2O. The molecule has 2 fully saturated rings. The summed E-state index contributed by atoms with van der Waals surface area (Å²) in [6.07, 6.45) is 7.84. The first kappa shape index (κ1) is 14.4. The summed E-state index contributed by atoms with van der Waals surface area (Å²) in [6, 6.07) is 5.33. The van der Waals surface area contributed by atoms with Crippen LogP contribution in [-0.2, 0) is 4.79 Å². The summed E-state index contributed by atoms with van der Waals surface area (Å²) in [6.45, 7) is 1.39. The van der Waals surface area contributed by atoms with E-state index in [0.29, 0.717) is 6.04 Å². The van der Waals surface area contributed by atoms with E-state index in [1.165, 1.54) is 51.5 Å². The lowest BCUT2D eigenvalue weighted by atomic mass is 9.82. The molecule has 0 heterocycles. The molecule has 4 heteroatoms. The highest BCUT2D eigenvalue weighted by molar-refractivity contribution is 5.89. The van der Waals surface area contributed by atoms with Gasteiger partial charge in [-0.3, -0.25) is 4.79 Å². The van der Waals surface area contributed by atoms with Crippen molar-refractivity contribution in [1.29, 1.82) is 0 Å². The second-order valence-electron chi connectivity index (χ2n) is 6.48. The van der Waals surface area contributed by atoms with E-state index in [-0.39, 0.29) is 11.6 Å². The van der Waals surface area contributed by atoms with E-state index in [4.69, 9.17) is 0 Å². The van der Waals surface area contributed by atoms with Crippen LogP contribution in [0.4, 0.5) is 15.8 Å². The summed E-state index contributed by atoms with van der Waals surface area (Å²) in [5.74, 6) is 1.18. The average Bonchev–Trinajstić information content (AvgIpc) is 3.27. The van der Waals surface area contributed by atoms with Crippen molar-refractivity contribution in [3.05, 3.63) is 24.0 Å². The van der Waals surface area contributed by atoms with Gasteiger partial charge in [-0.1, -0.05) is 12.8 Å². The van der Waals surface area contributed by atoms with Crippen LogP contribution in [0.1, 0.15) is 45.4 Å². The third-order valence-corrected chi connectivity index (χ3v) is 4.65. The van der Waals surface area contributed by atoms with E-state index >= 15 is 0 Å². The van der Waals surface area contributed by atoms with E-state index in [1.807, 2.05) is 0 Å². The molecule has 2 unspecified atom stereocenters. The fourth-order valence-corrected chi connectivity index (χ4v) is 3.49. The van der Waals surface area contributed by atoms with Crippen molar-refractivity contribution in [3.8, 4) is 0 Å². The van der Waals surface area contributed by atoms with Gasteiger partial charge in [0.05, 0.1) is 5.69 Å². The molecule has 114 valence electrons. The number of halogens is 1. The van der Waals surface area contributed by atoms with Crippen molar-refractivity contribution in [2.24, 2.45) is 11.8 Å². The van der Waals surface area contributed by atoms with Crippen LogP contribution in [0.2, 0.25) is 0 Å². The molecular weight excluding hydrogens is 267 g/mol. The molecule has 2 N–H and O–H groups in total. The second kappa shape index (κ2) is 6.04. The monoisotopic (exact) mass is 290 g/mol. The molecule has 1 aromatic rings. The van der Waals surface area contributed by atoms with Crippen LogP contribution in [0.25, 0.3) is 0 Å². The van der Waals surface area contributed by atoms with Crippen LogP contribution in [0.3, 0.4) is 0 Å². The van der Waals surface area contributed by atoms with Crippen molar-refractivity contribution < 1.29 is 9.18 Å². The number of nitrogens with one attached hydrogen (secondary N) is 2. The molecule has 1 amide bonds. The van der Waals surface area contributed by atoms with Crippen LogP contribution < -0.4 is 10.6 Å². The number of rotatable bonds is 4. The first-order valence-corrected chi connectivity index (χ1v) is 7.95. The molecule has 0 aromatic heterocycles. The third kappa shape index (κ3) is 3.74. The van der Waals surface area contributed by atoms with Crippen LogP contribution >= 0.6 is 0 Å². The maximum atomic E-state index is 13.6. The lowest BCUT2D eigenvalue weighted by molar-refractivity contribution is -0.114. The molecule has 3 nitrogen and oxygen atoms in total. The Labute approximate surface area is 125 Å². The number of carbonyl (C=O) groups excluding carboxylic acids is 1. The van der Waals surface area contributed by atoms with Crippen molar-refractivity contribution >= 4 is 17.3 Å². The van der Waals surface area contributed by atoms with Gasteiger partial charge in [-0.2, -0.15) is 0 Å². The predicted molar refractivity (Wildman–Crippen MR) is 82.8 cm³/mol. The fraction of sp³-hybridized carbons (Fsp3) is 0.588. The zero-order valence-electron chi connectivity index (χ0n) is 12.5. The largest absolute Gasteiger partial charge is 0.382 e. The Hall–Kier alpha value is -1.58. The Balaban J connectivity index is 1.64. The summed E-state index contributed by atoms with van der Waals surface area (Å²) in [7, 11) is 0. The summed E-state index contributed by atoms with van der Waals surface area (Å²) in [5.41, 5.74) is 1.14. The average molecular weight is 290 g/mol. The van der Waals surface area contributed by atoms with Crippen molar-refractivity contribution in [2.45, 2.75) is 51.5 Å². The van der Waals surface area contributed by atoms with Gasteiger partial charge in [-0.25, -0.2) is 4.39 Å². The van der Waals surface area contributed by atoms with Crippen LogP contribution in [0.5, 0.6) is 0 Å². The normalized spacial score (nSPS) is 25.4. The Morgan fingerprint density at radius 2 is 2.00 bits per heavy atom. The molecule has 1 aromatic carbocycles. The van der Waals surface area contributed by atoms with Gasteiger partial charge in [0.1, 0.15) is 5.82 Å². The number of benzene rings is 1. The van der Waals surface area contributed by atoms with Gasteiger partial charge in [0.25, 0.3) is 0 Å². The standard InChI is InChI=1S/C17H23FN2O/c1-11(21)19-17-10-15(7-8-16(17)18)20-14-4-2-3-13(9-14)12-5-6-12/h7-8,10,12-14,20H,2-6,9H2,1H3,(H,19,21). The summed E-state index contributed by atoms with van der Waals surface area (Å²) in [4.78, 5) is 11.1. The van der Waals surface area contributed by atoms with Gasteiger partial charge >= 0.3 is 0 Å². The lowest BCUT2D eigenvalue weighted by Gasteiger charge is -2.30. The number of anilines is 2. The van der Waals surface area contributed by atoms with Gasteiger partial charge in [-0.05, 0) is 55.7 Å². The minimum Gasteiger partial charge on any atom is -0.382 e. The number of carbonyl (C=O) groups is 1. The van der Waals surface area contributed by atoms with Gasteiger partial charge in [0, 0.05) is 18.7 Å². The molecule has 2 atom stereocenters. The van der Waals surface area contributed by atoms with E-state index < -0.39 is 5.82 Å². The minimum atomic E-state index is -0.393. The second-order valence-corrected chi connectivity index (χ2v) is 6.48. The van der Waals surface area contributed by atoms with Crippen molar-refractivity contribution in [3.63, 3.8) is 0 Å². The Morgan fingerprint density at radius 3 is 2.71 bits per heavy atom. The highest BCUT2D eigenvalue weighted by Crippen LogP contribution is 2.44. The molecule has 0 spiro atoms. The van der Waals surface area contributed by atoms with Crippen molar-refractivity contribution in [1.82, 2.24) is 0 Å². The van der Waals surface area contributed by atoms with Crippen LogP contribution in [0.15, 0.2) is 18.2 Å². The molecule has 0 saturated heterocycles. The SMILES string of the molecule is CC(=O)Nc1cc(NC2CCCC(C3CC3)C2)ccc1F. The molecule has 0 radical (unpaired) electrons. The van der Waals surface area contributed by atoms with E-state index in [1.54, 1.807) is 12.1 Å². The molecule has 2 aliphatic carbocycles. The highest BCUT2D eigenvalue weighted by atomic mass is 19.1. The topological polar surface area (TPSA) is 41.1 Å². The van der Waals surface area contributed by atoms with E-state index in [2.05, 4.69) is 10.6 Å². The fourth-order valence-electron chi connectivity index (χ4n) is 3.49. The van der Waals surface area contributed by atoms with Gasteiger partial charge in [-0.15, -0.1) is 0 Å². The Bertz CT molecular complexity index is 528. The zero-order chi connectivity index (χ0) is 14.8. The van der Waals surface area contributed by atoms with E-state index in [9.17, 15) is 9.18 Å². The van der Waals surface area contributed by atoms with E-state index in [0.717, 1.165) is 17.5 Å². The first-order chi connectivity index (χ1) is 10.1. The maximum absolute atomic E-state index is 13.6. The first-order valence-electron chi connectivity index (χ1n) is 7.95. The van der Waals surface area contributed by atoms with Crippen molar-refractivity contribution in [2.75, 3.05) is 10.6 Å². The summed E-state index contributed by atoms with van der Waals surface area (Å²) >= 11 is 0. The summed E-state index contributed by atoms with van der Waals surface area (Å²) < 4.78 is 13.6. The molecule has 2 saturated carbocycles. The highest BCUT2D eigenvalue weighted by Gasteiger charge is 2.34. The van der Waals surface area contributed by atoms with Crippen LogP contribution in [-0.4, -0.2) is 11.9 Å². The summed E-state index contributed by atoms with van der Waals surface area (Å²) in [5, 5.41) is 6.05. The molecule has 3 rings (SSSR count). The smallest absolute Gasteiger partial charge is 0.221 e. The van der Waals surface area contributed by atoms with Gasteiger partial charge in [0.15, 0.2) is 0 Å². The third-order valence-electron chi connectivity index (χ3n) is 4.65. The number of hydrogen-bond donors (Lipinski definition) is 2. The van der Waals surface area contributed by atoms with Gasteiger partial charge < -0.3 is 10.6 Å². The Morgan fingerprint density at radius 1 is 1.19 bits per heavy atom. The molecule has 2 aliphatic rings. The minimum absolute atomic E-state index is 0.252. The molecule has 0 aliphatic heterocycles. The number of hydrogen-bond acceptors (Lipinski definition) is 2. The zero-order valence-corrected chi connectivity index (χ0v) is 12.5. The Kier molecular flexibility index (Phi) is 4.13. The quantitative estimate of drug-likeness (QED) is 0.874.